The first-order chi connectivity index (χ1) is 14.3. The lowest BCUT2D eigenvalue weighted by atomic mass is 10.0. The fourth-order valence-corrected chi connectivity index (χ4v) is 5.54. The Morgan fingerprint density at radius 3 is 2.23 bits per heavy atom. The predicted molar refractivity (Wildman–Crippen MR) is 124 cm³/mol. The minimum absolute atomic E-state index is 0.327. The number of benzene rings is 2. The van der Waals surface area contributed by atoms with Crippen LogP contribution in [0.2, 0.25) is 0 Å². The average molecular weight is 426 g/mol. The summed E-state index contributed by atoms with van der Waals surface area (Å²) in [4.78, 5) is 5.07. The molecule has 0 saturated carbocycles. The first-order valence-corrected chi connectivity index (χ1v) is 12.2. The molecule has 0 N–H and O–H groups in total. The smallest absolute Gasteiger partial charge is 0.268 e. The summed E-state index contributed by atoms with van der Waals surface area (Å²) in [7, 11) is -3.68. The monoisotopic (exact) mass is 425 g/mol. The Balaban J connectivity index is 1.79. The molecule has 0 amide bonds. The third kappa shape index (κ3) is 3.74. The molecule has 3 aromatic rings. The molecular formula is C24H31N3O2S. The number of nitrogens with zero attached hydrogens (tertiary/aromatic N) is 3. The third-order valence-electron chi connectivity index (χ3n) is 6.17. The number of rotatable bonds is 5. The van der Waals surface area contributed by atoms with Crippen LogP contribution in [0, 0.1) is 6.92 Å². The van der Waals surface area contributed by atoms with Gasteiger partial charge in [-0.3, -0.25) is 0 Å². The van der Waals surface area contributed by atoms with Crippen LogP contribution in [-0.2, 0) is 10.0 Å². The Hall–Kier alpha value is -2.31. The number of piperazine rings is 1. The molecule has 1 saturated heterocycles. The van der Waals surface area contributed by atoms with Gasteiger partial charge in [0.25, 0.3) is 10.0 Å². The van der Waals surface area contributed by atoms with Gasteiger partial charge in [-0.1, -0.05) is 45.0 Å². The van der Waals surface area contributed by atoms with E-state index in [2.05, 4.69) is 42.7 Å². The van der Waals surface area contributed by atoms with Crippen molar-refractivity contribution in [1.29, 1.82) is 0 Å². The molecule has 0 unspecified atom stereocenters. The quantitative estimate of drug-likeness (QED) is 0.606. The first-order valence-electron chi connectivity index (χ1n) is 10.8. The lowest BCUT2D eigenvalue weighted by Crippen LogP contribution is -2.46. The normalized spacial score (nSPS) is 16.0. The van der Waals surface area contributed by atoms with E-state index in [-0.39, 0.29) is 0 Å². The molecular weight excluding hydrogens is 394 g/mol. The Labute approximate surface area is 180 Å². The highest BCUT2D eigenvalue weighted by Gasteiger charge is 2.25. The van der Waals surface area contributed by atoms with Gasteiger partial charge in [0, 0.05) is 37.8 Å². The number of aromatic nitrogens is 1. The Bertz CT molecular complexity index is 1140. The van der Waals surface area contributed by atoms with Crippen LogP contribution < -0.4 is 4.90 Å². The molecule has 0 radical (unpaired) electrons. The molecule has 6 heteroatoms. The van der Waals surface area contributed by atoms with Crippen molar-refractivity contribution in [3.8, 4) is 0 Å². The predicted octanol–water partition coefficient (Wildman–Crippen LogP) is 4.45. The van der Waals surface area contributed by atoms with E-state index in [0.717, 1.165) is 60.4 Å². The van der Waals surface area contributed by atoms with Crippen LogP contribution in [0.15, 0.2) is 53.6 Å². The number of hydrogen-bond donors (Lipinski definition) is 0. The van der Waals surface area contributed by atoms with Gasteiger partial charge in [0.05, 0.1) is 16.1 Å². The minimum atomic E-state index is -3.68. The second kappa shape index (κ2) is 8.08. The summed E-state index contributed by atoms with van der Waals surface area (Å²) in [6.45, 7) is 13.3. The van der Waals surface area contributed by atoms with Crippen LogP contribution in [0.5, 0.6) is 0 Å². The molecule has 1 aliphatic rings. The van der Waals surface area contributed by atoms with Crippen molar-refractivity contribution < 1.29 is 8.42 Å². The zero-order chi connectivity index (χ0) is 21.5. The van der Waals surface area contributed by atoms with E-state index in [1.807, 2.05) is 31.3 Å². The lowest BCUT2D eigenvalue weighted by Gasteiger charge is -2.35. The summed E-state index contributed by atoms with van der Waals surface area (Å²) in [5, 5.41) is 0.993. The highest BCUT2D eigenvalue weighted by Crippen LogP contribution is 2.33. The minimum Gasteiger partial charge on any atom is -0.367 e. The van der Waals surface area contributed by atoms with Crippen molar-refractivity contribution in [1.82, 2.24) is 8.87 Å². The fraction of sp³-hybridized carbons (Fsp3) is 0.417. The van der Waals surface area contributed by atoms with E-state index in [0.29, 0.717) is 10.8 Å². The van der Waals surface area contributed by atoms with Crippen LogP contribution in [0.25, 0.3) is 10.9 Å². The molecule has 1 fully saturated rings. The van der Waals surface area contributed by atoms with Crippen LogP contribution in [0.3, 0.4) is 0 Å². The van der Waals surface area contributed by atoms with Gasteiger partial charge in [-0.05, 0) is 48.7 Å². The van der Waals surface area contributed by atoms with Crippen LogP contribution in [0.4, 0.5) is 5.69 Å². The van der Waals surface area contributed by atoms with Crippen molar-refractivity contribution in [2.75, 3.05) is 37.6 Å². The Morgan fingerprint density at radius 2 is 1.63 bits per heavy atom. The summed E-state index contributed by atoms with van der Waals surface area (Å²) in [5.41, 5.74) is 3.94. The van der Waals surface area contributed by atoms with Gasteiger partial charge in [-0.25, -0.2) is 12.4 Å². The van der Waals surface area contributed by atoms with Crippen molar-refractivity contribution >= 4 is 26.6 Å². The first kappa shape index (κ1) is 20.9. The van der Waals surface area contributed by atoms with Crippen LogP contribution >= 0.6 is 0 Å². The third-order valence-corrected chi connectivity index (χ3v) is 7.86. The molecule has 0 atom stereocenters. The molecule has 2 heterocycles. The molecule has 4 rings (SSSR count). The summed E-state index contributed by atoms with van der Waals surface area (Å²) in [6, 6.07) is 13.4. The second-order valence-corrected chi connectivity index (χ2v) is 10.3. The standard InChI is InChI=1S/C24H31N3O2S/c1-5-25-12-14-26(15-13-25)24-17-27(23-16-19(4)6-11-22(23)24)30(28,29)21-9-7-20(8-10-21)18(2)3/h6-11,16-18H,5,12-15H2,1-4H3. The Morgan fingerprint density at radius 1 is 0.967 bits per heavy atom. The largest absolute Gasteiger partial charge is 0.367 e. The maximum absolute atomic E-state index is 13.6. The lowest BCUT2D eigenvalue weighted by molar-refractivity contribution is 0.271. The molecule has 2 aromatic carbocycles. The summed E-state index contributed by atoms with van der Waals surface area (Å²) in [5.74, 6) is 0.366. The molecule has 5 nitrogen and oxygen atoms in total. The van der Waals surface area contributed by atoms with Gasteiger partial charge in [-0.2, -0.15) is 0 Å². The summed E-state index contributed by atoms with van der Waals surface area (Å²) in [6.07, 6.45) is 1.82. The van der Waals surface area contributed by atoms with Gasteiger partial charge in [0.1, 0.15) is 0 Å². The summed E-state index contributed by atoms with van der Waals surface area (Å²) >= 11 is 0. The molecule has 1 aliphatic heterocycles. The number of likely N-dealkylation sites (N-methyl/N-ethyl adjacent to an activating group) is 1. The number of fused-ring (bicyclic) bond motifs is 1. The molecule has 0 aliphatic carbocycles. The van der Waals surface area contributed by atoms with E-state index in [4.69, 9.17) is 0 Å². The van der Waals surface area contributed by atoms with E-state index < -0.39 is 10.0 Å². The van der Waals surface area contributed by atoms with E-state index in [1.165, 1.54) is 3.97 Å². The van der Waals surface area contributed by atoms with Crippen LogP contribution in [0.1, 0.15) is 37.8 Å². The van der Waals surface area contributed by atoms with Gasteiger partial charge in [0.15, 0.2) is 0 Å². The number of aryl methyl sites for hydroxylation is 1. The average Bonchev–Trinajstić information content (AvgIpc) is 3.13. The van der Waals surface area contributed by atoms with Gasteiger partial charge >= 0.3 is 0 Å². The number of hydrogen-bond acceptors (Lipinski definition) is 4. The highest BCUT2D eigenvalue weighted by molar-refractivity contribution is 7.90. The zero-order valence-corrected chi connectivity index (χ0v) is 19.1. The maximum Gasteiger partial charge on any atom is 0.268 e. The molecule has 0 bridgehead atoms. The van der Waals surface area contributed by atoms with Gasteiger partial charge < -0.3 is 9.80 Å². The van der Waals surface area contributed by atoms with Crippen LogP contribution in [-0.4, -0.2) is 50.0 Å². The van der Waals surface area contributed by atoms with Gasteiger partial charge in [-0.15, -0.1) is 0 Å². The Kier molecular flexibility index (Phi) is 5.64. The molecule has 1 aromatic heterocycles. The molecule has 30 heavy (non-hydrogen) atoms. The van der Waals surface area contributed by atoms with E-state index >= 15 is 0 Å². The maximum atomic E-state index is 13.6. The van der Waals surface area contributed by atoms with E-state index in [9.17, 15) is 8.42 Å². The van der Waals surface area contributed by atoms with Gasteiger partial charge in [0.2, 0.25) is 0 Å². The fourth-order valence-electron chi connectivity index (χ4n) is 4.18. The topological polar surface area (TPSA) is 45.5 Å². The molecule has 160 valence electrons. The molecule has 0 spiro atoms. The summed E-state index contributed by atoms with van der Waals surface area (Å²) < 4.78 is 28.6. The van der Waals surface area contributed by atoms with E-state index in [1.54, 1.807) is 12.1 Å². The van der Waals surface area contributed by atoms with Crippen molar-refractivity contribution in [2.45, 2.75) is 38.5 Å². The van der Waals surface area contributed by atoms with Crippen molar-refractivity contribution in [2.24, 2.45) is 0 Å². The van der Waals surface area contributed by atoms with Crippen molar-refractivity contribution in [3.05, 3.63) is 59.8 Å². The van der Waals surface area contributed by atoms with Crippen molar-refractivity contribution in [3.63, 3.8) is 0 Å². The number of anilines is 1. The zero-order valence-electron chi connectivity index (χ0n) is 18.3. The highest BCUT2D eigenvalue weighted by atomic mass is 32.2. The second-order valence-electron chi connectivity index (χ2n) is 8.48. The SMILES string of the molecule is CCN1CCN(c2cn(S(=O)(=O)c3ccc(C(C)C)cc3)c3cc(C)ccc23)CC1.